The van der Waals surface area contributed by atoms with Crippen LogP contribution in [0, 0.1) is 0 Å². The van der Waals surface area contributed by atoms with E-state index >= 15 is 0 Å². The molecule has 0 radical (unpaired) electrons. The van der Waals surface area contributed by atoms with Crippen LogP contribution in [-0.2, 0) is 0 Å². The molecule has 0 atom stereocenters. The number of nitrogen functional groups attached to an aromatic ring is 1. The lowest BCUT2D eigenvalue weighted by molar-refractivity contribution is 0.314. The van der Waals surface area contributed by atoms with E-state index in [0.29, 0.717) is 23.9 Å². The van der Waals surface area contributed by atoms with Gasteiger partial charge in [0.2, 0.25) is 0 Å². The molecule has 84 valence electrons. The first-order valence-electron chi connectivity index (χ1n) is 5.19. The number of rotatable bonds is 4. The summed E-state index contributed by atoms with van der Waals surface area (Å²) < 4.78 is 7.20. The highest BCUT2D eigenvalue weighted by Gasteiger charge is 2.07. The molecule has 0 aromatic carbocycles. The van der Waals surface area contributed by atoms with Gasteiger partial charge in [0.15, 0.2) is 11.6 Å². The van der Waals surface area contributed by atoms with Gasteiger partial charge in [-0.3, -0.25) is 0 Å². The van der Waals surface area contributed by atoms with Gasteiger partial charge in [-0.2, -0.15) is 5.10 Å². The first-order chi connectivity index (χ1) is 7.81. The largest absolute Gasteiger partial charge is 0.490 e. The van der Waals surface area contributed by atoms with Crippen LogP contribution in [0.3, 0.4) is 0 Å². The van der Waals surface area contributed by atoms with Crippen LogP contribution in [-0.4, -0.2) is 21.4 Å². The summed E-state index contributed by atoms with van der Waals surface area (Å²) in [6, 6.07) is 3.71. The monoisotopic (exact) mass is 218 g/mol. The fourth-order valence-corrected chi connectivity index (χ4v) is 1.33. The first kappa shape index (κ1) is 10.5. The second kappa shape index (κ2) is 4.65. The van der Waals surface area contributed by atoms with Crippen LogP contribution in [0.2, 0.25) is 0 Å². The maximum absolute atomic E-state index is 5.61. The van der Waals surface area contributed by atoms with Crippen LogP contribution >= 0.6 is 0 Å². The smallest absolute Gasteiger partial charge is 0.196 e. The third kappa shape index (κ3) is 2.13. The molecule has 2 aromatic heterocycles. The Bertz CT molecular complexity index is 467. The number of pyridine rings is 1. The number of anilines is 1. The van der Waals surface area contributed by atoms with Gasteiger partial charge in [0.25, 0.3) is 0 Å². The van der Waals surface area contributed by atoms with Gasteiger partial charge in [-0.25, -0.2) is 9.67 Å². The van der Waals surface area contributed by atoms with Crippen LogP contribution in [0.15, 0.2) is 30.7 Å². The normalized spacial score (nSPS) is 10.3. The summed E-state index contributed by atoms with van der Waals surface area (Å²) in [4.78, 5) is 4.24. The number of nitrogens with two attached hydrogens (primary N) is 1. The fraction of sp³-hybridized carbons (Fsp3) is 0.273. The average Bonchev–Trinajstić information content (AvgIpc) is 2.73. The van der Waals surface area contributed by atoms with Crippen molar-refractivity contribution < 1.29 is 4.74 Å². The van der Waals surface area contributed by atoms with Crippen molar-refractivity contribution in [3.05, 3.63) is 30.7 Å². The third-order valence-corrected chi connectivity index (χ3v) is 2.03. The molecule has 16 heavy (non-hydrogen) atoms. The average molecular weight is 218 g/mol. The first-order valence-corrected chi connectivity index (χ1v) is 5.19. The van der Waals surface area contributed by atoms with Crippen LogP contribution in [0.5, 0.6) is 5.75 Å². The zero-order chi connectivity index (χ0) is 11.4. The molecule has 0 amide bonds. The van der Waals surface area contributed by atoms with E-state index in [-0.39, 0.29) is 0 Å². The third-order valence-electron chi connectivity index (χ3n) is 2.03. The number of ether oxygens (including phenoxy) is 1. The van der Waals surface area contributed by atoms with E-state index < -0.39 is 0 Å². The van der Waals surface area contributed by atoms with Crippen molar-refractivity contribution in [2.45, 2.75) is 13.3 Å². The van der Waals surface area contributed by atoms with Crippen LogP contribution in [0.1, 0.15) is 13.3 Å². The van der Waals surface area contributed by atoms with Gasteiger partial charge in [0, 0.05) is 6.20 Å². The Morgan fingerprint density at radius 2 is 2.38 bits per heavy atom. The lowest BCUT2D eigenvalue weighted by atomic mass is 10.4. The molecule has 0 aliphatic heterocycles. The molecule has 0 spiro atoms. The second-order valence-corrected chi connectivity index (χ2v) is 3.39. The molecule has 2 N–H and O–H groups in total. The lowest BCUT2D eigenvalue weighted by Gasteiger charge is -2.08. The molecule has 2 heterocycles. The maximum Gasteiger partial charge on any atom is 0.196 e. The quantitative estimate of drug-likeness (QED) is 0.847. The number of hydrogen-bond acceptors (Lipinski definition) is 4. The highest BCUT2D eigenvalue weighted by molar-refractivity contribution is 5.42. The van der Waals surface area contributed by atoms with E-state index in [1.54, 1.807) is 23.3 Å². The van der Waals surface area contributed by atoms with Crippen molar-refractivity contribution in [2.75, 3.05) is 12.3 Å². The SMILES string of the molecule is CCCOc1cccnc1-n1cc(N)cn1. The zero-order valence-corrected chi connectivity index (χ0v) is 9.13. The van der Waals surface area contributed by atoms with Crippen molar-refractivity contribution in [3.63, 3.8) is 0 Å². The Balaban J connectivity index is 2.32. The summed E-state index contributed by atoms with van der Waals surface area (Å²) in [6.07, 6.45) is 5.95. The molecule has 2 aromatic rings. The minimum Gasteiger partial charge on any atom is -0.490 e. The van der Waals surface area contributed by atoms with Gasteiger partial charge in [0.1, 0.15) is 0 Å². The van der Waals surface area contributed by atoms with Gasteiger partial charge in [-0.15, -0.1) is 0 Å². The van der Waals surface area contributed by atoms with Crippen molar-refractivity contribution in [2.24, 2.45) is 0 Å². The molecule has 0 saturated carbocycles. The Hall–Kier alpha value is -2.04. The minimum atomic E-state index is 0.604. The summed E-state index contributed by atoms with van der Waals surface area (Å²) in [5.41, 5.74) is 6.22. The van der Waals surface area contributed by atoms with E-state index in [9.17, 15) is 0 Å². The van der Waals surface area contributed by atoms with Crippen LogP contribution in [0.4, 0.5) is 5.69 Å². The molecular formula is C11H14N4O. The van der Waals surface area contributed by atoms with Gasteiger partial charge in [-0.05, 0) is 18.6 Å². The van der Waals surface area contributed by atoms with E-state index in [1.165, 1.54) is 0 Å². The van der Waals surface area contributed by atoms with Crippen molar-refractivity contribution in [1.29, 1.82) is 0 Å². The standard InChI is InChI=1S/C11H14N4O/c1-2-6-16-10-4-3-5-13-11(10)15-8-9(12)7-14-15/h3-5,7-8H,2,6,12H2,1H3. The van der Waals surface area contributed by atoms with Crippen LogP contribution in [0.25, 0.3) is 5.82 Å². The van der Waals surface area contributed by atoms with E-state index in [1.807, 2.05) is 12.1 Å². The Labute approximate surface area is 93.9 Å². The molecule has 0 saturated heterocycles. The number of hydrogen-bond donors (Lipinski definition) is 1. The Morgan fingerprint density at radius 1 is 1.50 bits per heavy atom. The van der Waals surface area contributed by atoms with E-state index in [2.05, 4.69) is 17.0 Å². The minimum absolute atomic E-state index is 0.604. The van der Waals surface area contributed by atoms with Gasteiger partial charge >= 0.3 is 0 Å². The second-order valence-electron chi connectivity index (χ2n) is 3.39. The van der Waals surface area contributed by atoms with Crippen molar-refractivity contribution in [3.8, 4) is 11.6 Å². The molecule has 0 aliphatic carbocycles. The summed E-state index contributed by atoms with van der Waals surface area (Å²) in [5, 5.41) is 4.10. The molecule has 2 rings (SSSR count). The van der Waals surface area contributed by atoms with E-state index in [4.69, 9.17) is 10.5 Å². The summed E-state index contributed by atoms with van der Waals surface area (Å²) in [7, 11) is 0. The van der Waals surface area contributed by atoms with Crippen molar-refractivity contribution >= 4 is 5.69 Å². The molecule has 5 heteroatoms. The number of aromatic nitrogens is 3. The predicted molar refractivity (Wildman–Crippen MR) is 61.6 cm³/mol. The molecule has 5 nitrogen and oxygen atoms in total. The predicted octanol–water partition coefficient (Wildman–Crippen LogP) is 1.64. The molecule has 0 bridgehead atoms. The summed E-state index contributed by atoms with van der Waals surface area (Å²) in [5.74, 6) is 1.38. The zero-order valence-electron chi connectivity index (χ0n) is 9.13. The van der Waals surface area contributed by atoms with Gasteiger partial charge in [0.05, 0.1) is 24.7 Å². The highest BCUT2D eigenvalue weighted by atomic mass is 16.5. The summed E-state index contributed by atoms with van der Waals surface area (Å²) >= 11 is 0. The van der Waals surface area contributed by atoms with E-state index in [0.717, 1.165) is 6.42 Å². The van der Waals surface area contributed by atoms with Gasteiger partial charge < -0.3 is 10.5 Å². The van der Waals surface area contributed by atoms with Crippen LogP contribution < -0.4 is 10.5 Å². The summed E-state index contributed by atoms with van der Waals surface area (Å²) in [6.45, 7) is 2.72. The fourth-order valence-electron chi connectivity index (χ4n) is 1.33. The Kier molecular flexibility index (Phi) is 3.05. The van der Waals surface area contributed by atoms with Crippen molar-refractivity contribution in [1.82, 2.24) is 14.8 Å². The highest BCUT2D eigenvalue weighted by Crippen LogP contribution is 2.20. The topological polar surface area (TPSA) is 66.0 Å². The maximum atomic E-state index is 5.61. The Morgan fingerprint density at radius 3 is 3.06 bits per heavy atom. The molecule has 0 aliphatic rings. The van der Waals surface area contributed by atoms with Gasteiger partial charge in [-0.1, -0.05) is 6.92 Å². The number of nitrogens with zero attached hydrogens (tertiary/aromatic N) is 3. The lowest BCUT2D eigenvalue weighted by Crippen LogP contribution is -2.04. The molecule has 0 unspecified atom stereocenters. The molecular weight excluding hydrogens is 204 g/mol. The molecule has 0 fully saturated rings.